The fourth-order valence-electron chi connectivity index (χ4n) is 2.12. The molecule has 23 heavy (non-hydrogen) atoms. The van der Waals surface area contributed by atoms with Crippen LogP contribution in [0.1, 0.15) is 25.0 Å². The number of aromatic nitrogens is 4. The van der Waals surface area contributed by atoms with Crippen molar-refractivity contribution >= 4 is 15.8 Å². The van der Waals surface area contributed by atoms with Crippen molar-refractivity contribution in [2.24, 2.45) is 0 Å². The summed E-state index contributed by atoms with van der Waals surface area (Å²) in [4.78, 5) is 12.9. The van der Waals surface area contributed by atoms with Gasteiger partial charge in [-0.15, -0.1) is 0 Å². The molecule has 8 nitrogen and oxygen atoms in total. The third kappa shape index (κ3) is 5.00. The lowest BCUT2D eigenvalue weighted by Crippen LogP contribution is -2.30. The van der Waals surface area contributed by atoms with Crippen LogP contribution in [0.3, 0.4) is 0 Å². The highest BCUT2D eigenvalue weighted by atomic mass is 32.2. The quantitative estimate of drug-likeness (QED) is 0.697. The highest BCUT2D eigenvalue weighted by Gasteiger charge is 2.08. The maximum Gasteiger partial charge on any atom is 0.211 e. The van der Waals surface area contributed by atoms with E-state index in [2.05, 4.69) is 25.0 Å². The van der Waals surface area contributed by atoms with Crippen molar-refractivity contribution in [3.63, 3.8) is 0 Å². The molecule has 126 valence electrons. The Hall–Kier alpha value is -2.00. The molecule has 2 N–H and O–H groups in total. The number of imidazole rings is 1. The molecule has 0 spiro atoms. The number of hydrogen-bond acceptors (Lipinski definition) is 6. The standard InChI is InChI=1S/C14H22N6O2S/c1-4-9-23(21,22)17-6-5-16-13-10-14(19-11(2)18-13)20-8-7-15-12(20)3/h7-8,10,17H,4-6,9H2,1-3H3,(H,16,18,19). The molecule has 0 saturated carbocycles. The molecule has 2 rings (SSSR count). The van der Waals surface area contributed by atoms with Crippen LogP contribution in [0.25, 0.3) is 5.82 Å². The molecule has 0 aliphatic carbocycles. The van der Waals surface area contributed by atoms with Gasteiger partial charge in [0.2, 0.25) is 10.0 Å². The lowest BCUT2D eigenvalue weighted by Gasteiger charge is -2.10. The Morgan fingerprint density at radius 1 is 1.22 bits per heavy atom. The number of nitrogens with zero attached hydrogens (tertiary/aromatic N) is 4. The number of anilines is 1. The SMILES string of the molecule is CCCS(=O)(=O)NCCNc1cc(-n2ccnc2C)nc(C)n1. The van der Waals surface area contributed by atoms with Gasteiger partial charge in [0.1, 0.15) is 23.3 Å². The Morgan fingerprint density at radius 3 is 2.65 bits per heavy atom. The summed E-state index contributed by atoms with van der Waals surface area (Å²) in [6, 6.07) is 1.81. The number of nitrogens with one attached hydrogen (secondary N) is 2. The van der Waals surface area contributed by atoms with Gasteiger partial charge in [0.25, 0.3) is 0 Å². The molecule has 0 radical (unpaired) electrons. The summed E-state index contributed by atoms with van der Waals surface area (Å²) in [5, 5.41) is 3.11. The molecule has 2 aromatic rings. The van der Waals surface area contributed by atoms with Crippen LogP contribution in [0, 0.1) is 13.8 Å². The summed E-state index contributed by atoms with van der Waals surface area (Å²) in [5.74, 6) is 2.98. The van der Waals surface area contributed by atoms with Crippen molar-refractivity contribution in [1.82, 2.24) is 24.2 Å². The third-order valence-corrected chi connectivity index (χ3v) is 4.71. The van der Waals surface area contributed by atoms with Crippen molar-refractivity contribution in [3.05, 3.63) is 30.1 Å². The van der Waals surface area contributed by atoms with Crippen LogP contribution >= 0.6 is 0 Å². The van der Waals surface area contributed by atoms with Gasteiger partial charge in [-0.2, -0.15) is 0 Å². The summed E-state index contributed by atoms with van der Waals surface area (Å²) in [5.41, 5.74) is 0. The summed E-state index contributed by atoms with van der Waals surface area (Å²) in [6.07, 6.45) is 4.14. The minimum absolute atomic E-state index is 0.143. The van der Waals surface area contributed by atoms with Crippen molar-refractivity contribution < 1.29 is 8.42 Å². The summed E-state index contributed by atoms with van der Waals surface area (Å²) < 4.78 is 27.5. The van der Waals surface area contributed by atoms with E-state index in [4.69, 9.17) is 0 Å². The van der Waals surface area contributed by atoms with Crippen molar-refractivity contribution in [1.29, 1.82) is 0 Å². The molecule has 0 bridgehead atoms. The zero-order valence-electron chi connectivity index (χ0n) is 13.6. The summed E-state index contributed by atoms with van der Waals surface area (Å²) >= 11 is 0. The minimum atomic E-state index is -3.18. The van der Waals surface area contributed by atoms with Crippen LogP contribution in [0.2, 0.25) is 0 Å². The van der Waals surface area contributed by atoms with E-state index in [-0.39, 0.29) is 5.75 Å². The Kier molecular flexibility index (Phi) is 5.67. The monoisotopic (exact) mass is 338 g/mol. The topological polar surface area (TPSA) is 102 Å². The maximum atomic E-state index is 11.6. The smallest absolute Gasteiger partial charge is 0.211 e. The van der Waals surface area contributed by atoms with E-state index in [1.165, 1.54) is 0 Å². The van der Waals surface area contributed by atoms with Crippen molar-refractivity contribution in [2.45, 2.75) is 27.2 Å². The number of hydrogen-bond donors (Lipinski definition) is 2. The fraction of sp³-hybridized carbons (Fsp3) is 0.500. The van der Waals surface area contributed by atoms with Gasteiger partial charge in [0, 0.05) is 31.5 Å². The second kappa shape index (κ2) is 7.51. The minimum Gasteiger partial charge on any atom is -0.369 e. The largest absolute Gasteiger partial charge is 0.369 e. The fourth-order valence-corrected chi connectivity index (χ4v) is 3.22. The summed E-state index contributed by atoms with van der Waals surface area (Å²) in [6.45, 7) is 6.30. The zero-order valence-corrected chi connectivity index (χ0v) is 14.4. The molecule has 9 heteroatoms. The first kappa shape index (κ1) is 17.4. The van der Waals surface area contributed by atoms with Crippen molar-refractivity contribution in [2.75, 3.05) is 24.2 Å². The molecule has 0 amide bonds. The first-order valence-electron chi connectivity index (χ1n) is 7.48. The van der Waals surface area contributed by atoms with E-state index in [0.717, 1.165) is 11.6 Å². The average Bonchev–Trinajstić information content (AvgIpc) is 2.89. The molecule has 0 fully saturated rings. The van der Waals surface area contributed by atoms with E-state index in [9.17, 15) is 8.42 Å². The first-order chi connectivity index (χ1) is 10.9. The van der Waals surface area contributed by atoms with Crippen LogP contribution in [0.5, 0.6) is 0 Å². The van der Waals surface area contributed by atoms with E-state index in [0.29, 0.717) is 31.2 Å². The Balaban J connectivity index is 1.99. The van der Waals surface area contributed by atoms with Gasteiger partial charge < -0.3 is 5.32 Å². The number of rotatable bonds is 8. The van der Waals surface area contributed by atoms with Crippen molar-refractivity contribution in [3.8, 4) is 5.82 Å². The first-order valence-corrected chi connectivity index (χ1v) is 9.13. The van der Waals surface area contributed by atoms with Gasteiger partial charge in [0.05, 0.1) is 5.75 Å². The second-order valence-electron chi connectivity index (χ2n) is 5.14. The molecule has 0 saturated heterocycles. The lowest BCUT2D eigenvalue weighted by molar-refractivity contribution is 0.581. The van der Waals surface area contributed by atoms with Crippen LogP contribution in [-0.2, 0) is 10.0 Å². The van der Waals surface area contributed by atoms with Gasteiger partial charge in [-0.05, 0) is 20.3 Å². The molecule has 0 aromatic carbocycles. The molecule has 0 atom stereocenters. The maximum absolute atomic E-state index is 11.6. The second-order valence-corrected chi connectivity index (χ2v) is 7.07. The van der Waals surface area contributed by atoms with Gasteiger partial charge in [-0.25, -0.2) is 28.1 Å². The third-order valence-electron chi connectivity index (χ3n) is 3.12. The van der Waals surface area contributed by atoms with E-state index >= 15 is 0 Å². The highest BCUT2D eigenvalue weighted by molar-refractivity contribution is 7.89. The molecular weight excluding hydrogens is 316 g/mol. The summed E-state index contributed by atoms with van der Waals surface area (Å²) in [7, 11) is -3.18. The Labute approximate surface area is 136 Å². The predicted molar refractivity (Wildman–Crippen MR) is 89.2 cm³/mol. The molecule has 2 aromatic heterocycles. The van der Waals surface area contributed by atoms with E-state index < -0.39 is 10.0 Å². The zero-order chi connectivity index (χ0) is 16.9. The number of sulfonamides is 1. The Morgan fingerprint density at radius 2 is 2.00 bits per heavy atom. The molecular formula is C14H22N6O2S. The van der Waals surface area contributed by atoms with Crippen LogP contribution in [0.15, 0.2) is 18.5 Å². The van der Waals surface area contributed by atoms with Crippen LogP contribution in [-0.4, -0.2) is 46.8 Å². The Bertz CT molecular complexity index is 756. The molecule has 0 unspecified atom stereocenters. The lowest BCUT2D eigenvalue weighted by atomic mass is 10.4. The van der Waals surface area contributed by atoms with Crippen LogP contribution < -0.4 is 10.0 Å². The molecule has 0 aliphatic heterocycles. The average molecular weight is 338 g/mol. The van der Waals surface area contributed by atoms with Gasteiger partial charge in [-0.3, -0.25) is 4.57 Å². The van der Waals surface area contributed by atoms with Gasteiger partial charge in [0.15, 0.2) is 0 Å². The van der Waals surface area contributed by atoms with Gasteiger partial charge in [-0.1, -0.05) is 6.92 Å². The molecule has 0 aliphatic rings. The normalized spacial score (nSPS) is 11.6. The number of aryl methyl sites for hydroxylation is 2. The van der Waals surface area contributed by atoms with E-state index in [1.807, 2.05) is 37.6 Å². The highest BCUT2D eigenvalue weighted by Crippen LogP contribution is 2.12. The van der Waals surface area contributed by atoms with E-state index in [1.54, 1.807) is 6.20 Å². The van der Waals surface area contributed by atoms with Gasteiger partial charge >= 0.3 is 0 Å². The van der Waals surface area contributed by atoms with Crippen LogP contribution in [0.4, 0.5) is 5.82 Å². The predicted octanol–water partition coefficient (Wildman–Crippen LogP) is 1.02. The molecule has 2 heterocycles.